The second-order valence-corrected chi connectivity index (χ2v) is 9.52. The number of amides is 2. The number of ether oxygens (including phenoxy) is 1. The van der Waals surface area contributed by atoms with Gasteiger partial charge in [0.15, 0.2) is 6.10 Å². The molecule has 3 rings (SSSR count). The van der Waals surface area contributed by atoms with Gasteiger partial charge in [0, 0.05) is 11.3 Å². The van der Waals surface area contributed by atoms with Crippen LogP contribution in [0.2, 0.25) is 0 Å². The molecular formula is C23H26N4O6S. The van der Waals surface area contributed by atoms with Crippen LogP contribution in [0.5, 0.6) is 0 Å². The number of amidine groups is 1. The number of para-hydroxylation sites is 1. The zero-order valence-corrected chi connectivity index (χ0v) is 20.0. The Kier molecular flexibility index (Phi) is 7.35. The highest BCUT2D eigenvalue weighted by Crippen LogP contribution is 2.23. The molecule has 0 radical (unpaired) electrons. The molecule has 0 fully saturated rings. The summed E-state index contributed by atoms with van der Waals surface area (Å²) in [5.41, 5.74) is 2.82. The molecule has 1 aliphatic heterocycles. The van der Waals surface area contributed by atoms with Crippen LogP contribution in [0.25, 0.3) is 0 Å². The molecule has 1 heterocycles. The number of hydrogen-bond acceptors (Lipinski definition) is 7. The number of nitrogens with one attached hydrogen (secondary N) is 3. The Morgan fingerprint density at radius 1 is 1.03 bits per heavy atom. The first-order valence-corrected chi connectivity index (χ1v) is 12.0. The van der Waals surface area contributed by atoms with E-state index in [1.165, 1.54) is 19.9 Å². The van der Waals surface area contributed by atoms with Crippen LogP contribution in [0.4, 0.5) is 5.69 Å². The van der Waals surface area contributed by atoms with Gasteiger partial charge in [0.25, 0.3) is 15.9 Å². The zero-order valence-electron chi connectivity index (χ0n) is 19.2. The van der Waals surface area contributed by atoms with Crippen LogP contribution >= 0.6 is 0 Å². The Hall–Kier alpha value is -3.73. The number of rotatable bonds is 7. The molecule has 2 aromatic rings. The summed E-state index contributed by atoms with van der Waals surface area (Å²) in [7, 11) is -3.74. The van der Waals surface area contributed by atoms with E-state index in [1.807, 2.05) is 32.0 Å². The highest BCUT2D eigenvalue weighted by molar-refractivity contribution is 7.90. The van der Waals surface area contributed by atoms with Crippen LogP contribution < -0.4 is 15.4 Å². The molecule has 0 bridgehead atoms. The second kappa shape index (κ2) is 10.0. The first-order valence-electron chi connectivity index (χ1n) is 10.5. The van der Waals surface area contributed by atoms with Gasteiger partial charge < -0.3 is 15.4 Å². The molecule has 0 saturated heterocycles. The van der Waals surface area contributed by atoms with Crippen LogP contribution in [-0.2, 0) is 29.1 Å². The number of fused-ring (bicyclic) bond motifs is 1. The highest BCUT2D eigenvalue weighted by atomic mass is 32.2. The van der Waals surface area contributed by atoms with Gasteiger partial charge in [-0.3, -0.25) is 19.3 Å². The van der Waals surface area contributed by atoms with Gasteiger partial charge in [-0.25, -0.2) is 13.2 Å². The largest absolute Gasteiger partial charge is 0.451 e. The lowest BCUT2D eigenvalue weighted by molar-refractivity contribution is -0.155. The molecule has 10 nitrogen and oxygen atoms in total. The van der Waals surface area contributed by atoms with E-state index in [-0.39, 0.29) is 17.3 Å². The summed E-state index contributed by atoms with van der Waals surface area (Å²) in [6, 6.07) is 10.8. The third kappa shape index (κ3) is 5.60. The maximum absolute atomic E-state index is 12.4. The van der Waals surface area contributed by atoms with E-state index in [4.69, 9.17) is 4.74 Å². The number of aryl methyl sites for hydroxylation is 2. The van der Waals surface area contributed by atoms with Gasteiger partial charge in [-0.2, -0.15) is 0 Å². The van der Waals surface area contributed by atoms with Crippen molar-refractivity contribution < 1.29 is 27.5 Å². The molecule has 0 saturated carbocycles. The van der Waals surface area contributed by atoms with Crippen molar-refractivity contribution in [3.05, 3.63) is 59.2 Å². The highest BCUT2D eigenvalue weighted by Gasteiger charge is 2.31. The van der Waals surface area contributed by atoms with Crippen molar-refractivity contribution in [3.63, 3.8) is 0 Å². The van der Waals surface area contributed by atoms with E-state index in [2.05, 4.69) is 20.3 Å². The number of anilines is 1. The van der Waals surface area contributed by atoms with Crippen molar-refractivity contribution in [1.29, 1.82) is 0 Å². The first kappa shape index (κ1) is 24.9. The normalized spacial score (nSPS) is 16.6. The van der Waals surface area contributed by atoms with E-state index in [9.17, 15) is 22.8 Å². The molecule has 34 heavy (non-hydrogen) atoms. The van der Waals surface area contributed by atoms with Crippen molar-refractivity contribution in [2.45, 2.75) is 44.7 Å². The number of sulfonamides is 1. The van der Waals surface area contributed by atoms with Crippen molar-refractivity contribution in [2.75, 3.05) is 11.9 Å². The molecule has 2 atom stereocenters. The number of carbonyl (C=O) groups excluding carboxylic acids is 3. The van der Waals surface area contributed by atoms with E-state index < -0.39 is 40.0 Å². The average molecular weight is 487 g/mol. The summed E-state index contributed by atoms with van der Waals surface area (Å²) in [4.78, 5) is 41.1. The number of benzene rings is 2. The fourth-order valence-corrected chi connectivity index (χ4v) is 4.55. The predicted molar refractivity (Wildman–Crippen MR) is 126 cm³/mol. The molecule has 0 aliphatic carbocycles. The summed E-state index contributed by atoms with van der Waals surface area (Å²) in [5, 5.41) is 5.18. The van der Waals surface area contributed by atoms with E-state index in [0.717, 1.165) is 11.1 Å². The maximum atomic E-state index is 12.4. The maximum Gasteiger partial charge on any atom is 0.331 e. The topological polar surface area (TPSA) is 143 Å². The molecule has 1 unspecified atom stereocenters. The Morgan fingerprint density at radius 2 is 1.68 bits per heavy atom. The first-order chi connectivity index (χ1) is 16.0. The zero-order chi connectivity index (χ0) is 25.0. The summed E-state index contributed by atoms with van der Waals surface area (Å²) in [5.74, 6) is -1.87. The lowest BCUT2D eigenvalue weighted by atomic mass is 10.1. The van der Waals surface area contributed by atoms with Gasteiger partial charge in [-0.15, -0.1) is 0 Å². The summed E-state index contributed by atoms with van der Waals surface area (Å²) < 4.78 is 31.8. The quantitative estimate of drug-likeness (QED) is 0.505. The minimum atomic E-state index is -3.74. The van der Waals surface area contributed by atoms with Crippen molar-refractivity contribution >= 4 is 39.3 Å². The number of nitrogens with zero attached hydrogens (tertiary/aromatic N) is 1. The lowest BCUT2D eigenvalue weighted by Gasteiger charge is -2.16. The molecule has 11 heteroatoms. The Balaban J connectivity index is 1.54. The van der Waals surface area contributed by atoms with Gasteiger partial charge in [0.2, 0.25) is 5.91 Å². The Morgan fingerprint density at radius 3 is 2.35 bits per heavy atom. The van der Waals surface area contributed by atoms with Crippen LogP contribution in [0.3, 0.4) is 0 Å². The number of carbonyl (C=O) groups is 3. The summed E-state index contributed by atoms with van der Waals surface area (Å²) >= 11 is 0. The van der Waals surface area contributed by atoms with E-state index in [1.54, 1.807) is 18.2 Å². The molecule has 180 valence electrons. The van der Waals surface area contributed by atoms with E-state index >= 15 is 0 Å². The fraction of sp³-hybridized carbons (Fsp3) is 0.304. The van der Waals surface area contributed by atoms with Crippen LogP contribution in [0.1, 0.15) is 30.5 Å². The van der Waals surface area contributed by atoms with Crippen LogP contribution in [0.15, 0.2) is 52.4 Å². The fourth-order valence-electron chi connectivity index (χ4n) is 3.31. The van der Waals surface area contributed by atoms with Gasteiger partial charge >= 0.3 is 5.97 Å². The Labute approximate surface area is 197 Å². The van der Waals surface area contributed by atoms with E-state index in [0.29, 0.717) is 11.3 Å². The molecule has 2 aromatic carbocycles. The van der Waals surface area contributed by atoms with Crippen molar-refractivity contribution in [3.8, 4) is 0 Å². The molecule has 2 amide bonds. The SMILES string of the molecule is Cc1cccc(C)c1NC(=O)CNC(=O)C(C)OC(=O)[C@H](C)N=C1NS(=O)(=O)c2ccccc21. The van der Waals surface area contributed by atoms with Gasteiger partial charge in [-0.1, -0.05) is 30.3 Å². The lowest BCUT2D eigenvalue weighted by Crippen LogP contribution is -2.41. The number of aliphatic imine (C=N–C) groups is 1. The molecule has 3 N–H and O–H groups in total. The third-order valence-electron chi connectivity index (χ3n) is 5.16. The number of hydrogen-bond donors (Lipinski definition) is 3. The van der Waals surface area contributed by atoms with Gasteiger partial charge in [0.05, 0.1) is 11.4 Å². The minimum Gasteiger partial charge on any atom is -0.451 e. The second-order valence-electron chi connectivity index (χ2n) is 7.87. The van der Waals surface area contributed by atoms with Gasteiger partial charge in [-0.05, 0) is 51.0 Å². The predicted octanol–water partition coefficient (Wildman–Crippen LogP) is 1.42. The molecular weight excluding hydrogens is 460 g/mol. The van der Waals surface area contributed by atoms with Crippen molar-refractivity contribution in [2.24, 2.45) is 4.99 Å². The van der Waals surface area contributed by atoms with Crippen LogP contribution in [-0.4, -0.2) is 50.7 Å². The number of esters is 1. The molecule has 0 aromatic heterocycles. The summed E-state index contributed by atoms with van der Waals surface area (Å²) in [6.45, 7) is 6.22. The average Bonchev–Trinajstić information content (AvgIpc) is 3.04. The third-order valence-corrected chi connectivity index (χ3v) is 6.55. The summed E-state index contributed by atoms with van der Waals surface area (Å²) in [6.07, 6.45) is -1.18. The molecule has 1 aliphatic rings. The minimum absolute atomic E-state index is 0.0281. The van der Waals surface area contributed by atoms with Crippen molar-refractivity contribution in [1.82, 2.24) is 10.0 Å². The van der Waals surface area contributed by atoms with Gasteiger partial charge in [0.1, 0.15) is 11.9 Å². The monoisotopic (exact) mass is 486 g/mol. The molecule has 0 spiro atoms. The van der Waals surface area contributed by atoms with Crippen LogP contribution in [0, 0.1) is 13.8 Å². The standard InChI is InChI=1S/C23H26N4O6S/c1-13-8-7-9-14(2)20(13)26-19(28)12-24-22(29)16(4)33-23(30)15(3)25-21-17-10-5-6-11-18(17)34(31,32)27-21/h5-11,15-16H,12H2,1-4H3,(H,24,29)(H,25,27)(H,26,28)/t15-,16?/m0/s1. The smallest absolute Gasteiger partial charge is 0.331 e. The Bertz CT molecular complexity index is 1250.